The summed E-state index contributed by atoms with van der Waals surface area (Å²) in [5.74, 6) is 0.535. The van der Waals surface area contributed by atoms with Gasteiger partial charge in [-0.05, 0) is 30.5 Å². The Bertz CT molecular complexity index is 575. The van der Waals surface area contributed by atoms with Gasteiger partial charge in [-0.25, -0.2) is 0 Å². The lowest BCUT2D eigenvalue weighted by Gasteiger charge is -2.34. The fraction of sp³-hybridized carbons (Fsp3) is 0.632. The van der Waals surface area contributed by atoms with Crippen LogP contribution in [-0.4, -0.2) is 68.3 Å². The van der Waals surface area contributed by atoms with E-state index in [1.165, 1.54) is 5.56 Å². The molecule has 0 spiro atoms. The minimum absolute atomic E-state index is 0.129. The van der Waals surface area contributed by atoms with Gasteiger partial charge >= 0.3 is 0 Å². The van der Waals surface area contributed by atoms with Crippen molar-refractivity contribution in [2.24, 2.45) is 11.7 Å². The van der Waals surface area contributed by atoms with Gasteiger partial charge in [-0.3, -0.25) is 14.6 Å². The molecule has 0 radical (unpaired) electrons. The molecule has 2 heterocycles. The van der Waals surface area contributed by atoms with E-state index >= 15 is 0 Å². The zero-order valence-corrected chi connectivity index (χ0v) is 15.0. The number of carbonyl (C=O) groups is 1. The first-order valence-electron chi connectivity index (χ1n) is 9.12. The monoisotopic (exact) mass is 347 g/mol. The molecule has 0 unspecified atom stereocenters. The number of nitrogens with two attached hydrogens (primary N) is 1. The van der Waals surface area contributed by atoms with Crippen LogP contribution in [0.5, 0.6) is 5.75 Å². The second-order valence-electron chi connectivity index (χ2n) is 7.02. The summed E-state index contributed by atoms with van der Waals surface area (Å²) in [5, 5.41) is 0. The van der Waals surface area contributed by atoms with Crippen LogP contribution in [0.2, 0.25) is 0 Å². The number of rotatable bonds is 5. The number of primary amides is 1. The number of nitrogens with zero attached hydrogens (tertiary/aromatic N) is 2. The number of carbonyl (C=O) groups excluding carboxylic acids is 1. The average molecular weight is 347 g/mol. The molecule has 2 saturated heterocycles. The van der Waals surface area contributed by atoms with Gasteiger partial charge in [0.25, 0.3) is 0 Å². The Morgan fingerprint density at radius 1 is 1.28 bits per heavy atom. The van der Waals surface area contributed by atoms with Gasteiger partial charge in [0, 0.05) is 52.0 Å². The Hall–Kier alpha value is -1.63. The van der Waals surface area contributed by atoms with Crippen LogP contribution in [0.4, 0.5) is 0 Å². The highest BCUT2D eigenvalue weighted by Gasteiger charge is 2.30. The first kappa shape index (κ1) is 18.2. The minimum atomic E-state index is -0.199. The highest BCUT2D eigenvalue weighted by atomic mass is 16.5. The molecule has 1 aromatic rings. The molecule has 6 heteroatoms. The van der Waals surface area contributed by atoms with Gasteiger partial charge in [-0.15, -0.1) is 0 Å². The third-order valence-corrected chi connectivity index (χ3v) is 5.29. The lowest BCUT2D eigenvalue weighted by molar-refractivity contribution is -0.122. The molecule has 0 saturated carbocycles. The number of benzene rings is 1. The molecule has 1 aromatic carbocycles. The summed E-state index contributed by atoms with van der Waals surface area (Å²) in [7, 11) is 1.68. The van der Waals surface area contributed by atoms with Crippen LogP contribution in [0.25, 0.3) is 0 Å². The van der Waals surface area contributed by atoms with E-state index in [2.05, 4.69) is 21.9 Å². The van der Waals surface area contributed by atoms with Crippen LogP contribution in [0, 0.1) is 5.92 Å². The van der Waals surface area contributed by atoms with Crippen molar-refractivity contribution in [2.75, 3.05) is 46.5 Å². The zero-order chi connectivity index (χ0) is 17.6. The molecule has 3 rings (SSSR count). The molecule has 2 aliphatic heterocycles. The van der Waals surface area contributed by atoms with E-state index in [1.54, 1.807) is 7.11 Å². The lowest BCUT2D eigenvalue weighted by atomic mass is 10.0. The molecular weight excluding hydrogens is 318 g/mol. The van der Waals surface area contributed by atoms with Gasteiger partial charge in [-0.1, -0.05) is 12.1 Å². The second kappa shape index (κ2) is 8.65. The first-order chi connectivity index (χ1) is 12.2. The summed E-state index contributed by atoms with van der Waals surface area (Å²) in [5.41, 5.74) is 6.89. The van der Waals surface area contributed by atoms with E-state index in [0.29, 0.717) is 12.6 Å². The number of amides is 1. The first-order valence-corrected chi connectivity index (χ1v) is 9.12. The molecule has 1 atom stereocenters. The maximum absolute atomic E-state index is 12.0. The Labute approximate surface area is 149 Å². The summed E-state index contributed by atoms with van der Waals surface area (Å²) in [6.45, 7) is 5.83. The van der Waals surface area contributed by atoms with Crippen molar-refractivity contribution < 1.29 is 14.3 Å². The Balaban J connectivity index is 1.67. The predicted octanol–water partition coefficient (Wildman–Crippen LogP) is 1.09. The molecule has 6 nitrogen and oxygen atoms in total. The minimum Gasteiger partial charge on any atom is -0.497 e. The Kier molecular flexibility index (Phi) is 6.29. The SMILES string of the molecule is COc1cccc(CN2CCN(C3CCOCC3)C[C@@H](C(N)=O)C2)c1. The van der Waals surface area contributed by atoms with Crippen molar-refractivity contribution in [1.29, 1.82) is 0 Å². The van der Waals surface area contributed by atoms with E-state index in [9.17, 15) is 4.79 Å². The summed E-state index contributed by atoms with van der Waals surface area (Å²) < 4.78 is 10.8. The van der Waals surface area contributed by atoms with Gasteiger partial charge < -0.3 is 15.2 Å². The second-order valence-corrected chi connectivity index (χ2v) is 7.02. The topological polar surface area (TPSA) is 68.0 Å². The summed E-state index contributed by atoms with van der Waals surface area (Å²) in [4.78, 5) is 16.7. The van der Waals surface area contributed by atoms with E-state index < -0.39 is 0 Å². The average Bonchev–Trinajstić information content (AvgIpc) is 2.85. The summed E-state index contributed by atoms with van der Waals surface area (Å²) in [6, 6.07) is 8.62. The smallest absolute Gasteiger partial charge is 0.223 e. The highest BCUT2D eigenvalue weighted by molar-refractivity contribution is 5.77. The zero-order valence-electron chi connectivity index (χ0n) is 15.0. The van der Waals surface area contributed by atoms with E-state index in [4.69, 9.17) is 15.2 Å². The van der Waals surface area contributed by atoms with Crippen LogP contribution in [0.15, 0.2) is 24.3 Å². The fourth-order valence-electron chi connectivity index (χ4n) is 3.84. The van der Waals surface area contributed by atoms with Crippen molar-refractivity contribution >= 4 is 5.91 Å². The molecule has 25 heavy (non-hydrogen) atoms. The van der Waals surface area contributed by atoms with Gasteiger partial charge in [0.2, 0.25) is 5.91 Å². The van der Waals surface area contributed by atoms with E-state index in [-0.39, 0.29) is 11.8 Å². The van der Waals surface area contributed by atoms with Crippen molar-refractivity contribution in [1.82, 2.24) is 9.80 Å². The van der Waals surface area contributed by atoms with Gasteiger partial charge in [0.1, 0.15) is 5.75 Å². The van der Waals surface area contributed by atoms with Crippen LogP contribution < -0.4 is 10.5 Å². The summed E-state index contributed by atoms with van der Waals surface area (Å²) >= 11 is 0. The molecule has 0 bridgehead atoms. The van der Waals surface area contributed by atoms with E-state index in [0.717, 1.165) is 58.0 Å². The Morgan fingerprint density at radius 3 is 2.80 bits per heavy atom. The number of ether oxygens (including phenoxy) is 2. The van der Waals surface area contributed by atoms with E-state index in [1.807, 2.05) is 12.1 Å². The fourth-order valence-corrected chi connectivity index (χ4v) is 3.84. The van der Waals surface area contributed by atoms with Crippen LogP contribution in [-0.2, 0) is 16.1 Å². The molecule has 1 amide bonds. The van der Waals surface area contributed by atoms with Crippen molar-refractivity contribution in [3.8, 4) is 5.75 Å². The molecule has 2 aliphatic rings. The van der Waals surface area contributed by atoms with Gasteiger partial charge in [-0.2, -0.15) is 0 Å². The quantitative estimate of drug-likeness (QED) is 0.864. The molecule has 2 N–H and O–H groups in total. The third kappa shape index (κ3) is 4.93. The van der Waals surface area contributed by atoms with Gasteiger partial charge in [0.05, 0.1) is 13.0 Å². The predicted molar refractivity (Wildman–Crippen MR) is 96.4 cm³/mol. The maximum Gasteiger partial charge on any atom is 0.223 e. The molecular formula is C19H29N3O3. The molecule has 2 fully saturated rings. The number of hydrogen-bond donors (Lipinski definition) is 1. The molecule has 0 aliphatic carbocycles. The van der Waals surface area contributed by atoms with Crippen LogP contribution >= 0.6 is 0 Å². The highest BCUT2D eigenvalue weighted by Crippen LogP contribution is 2.21. The normalized spacial score (nSPS) is 24.0. The standard InChI is InChI=1S/C19H29N3O3/c1-24-18-4-2-3-15(11-18)12-21-7-8-22(14-16(13-21)19(20)23)17-5-9-25-10-6-17/h2-4,11,16-17H,5-10,12-14H2,1H3,(H2,20,23)/t16-/m0/s1. The molecule has 0 aromatic heterocycles. The lowest BCUT2D eigenvalue weighted by Crippen LogP contribution is -2.44. The Morgan fingerprint density at radius 2 is 2.08 bits per heavy atom. The largest absolute Gasteiger partial charge is 0.497 e. The van der Waals surface area contributed by atoms with Crippen molar-refractivity contribution in [2.45, 2.75) is 25.4 Å². The van der Waals surface area contributed by atoms with Crippen LogP contribution in [0.3, 0.4) is 0 Å². The third-order valence-electron chi connectivity index (χ3n) is 5.29. The van der Waals surface area contributed by atoms with Crippen LogP contribution in [0.1, 0.15) is 18.4 Å². The number of methoxy groups -OCH3 is 1. The van der Waals surface area contributed by atoms with Gasteiger partial charge in [0.15, 0.2) is 0 Å². The number of hydrogen-bond acceptors (Lipinski definition) is 5. The maximum atomic E-state index is 12.0. The van der Waals surface area contributed by atoms with Crippen molar-refractivity contribution in [3.05, 3.63) is 29.8 Å². The van der Waals surface area contributed by atoms with Crippen molar-refractivity contribution in [3.63, 3.8) is 0 Å². The summed E-state index contributed by atoms with van der Waals surface area (Å²) in [6.07, 6.45) is 2.09. The molecule has 138 valence electrons.